The Morgan fingerprint density at radius 1 is 1.22 bits per heavy atom. The fourth-order valence-electron chi connectivity index (χ4n) is 1.87. The second-order valence-electron chi connectivity index (χ2n) is 5.30. The molecule has 1 atom stereocenters. The van der Waals surface area contributed by atoms with E-state index in [-0.39, 0.29) is 6.61 Å². The predicted molar refractivity (Wildman–Crippen MR) is 102 cm³/mol. The van der Waals surface area contributed by atoms with Crippen LogP contribution in [0, 0.1) is 11.3 Å². The Labute approximate surface area is 169 Å². The Morgan fingerprint density at radius 2 is 1.93 bits per heavy atom. The topological polar surface area (TPSA) is 100 Å². The van der Waals surface area contributed by atoms with Crippen molar-refractivity contribution in [2.45, 2.75) is 13.0 Å². The molecule has 0 radical (unpaired) electrons. The molecule has 2 amide bonds. The summed E-state index contributed by atoms with van der Waals surface area (Å²) in [5, 5.41) is 9.28. The van der Waals surface area contributed by atoms with E-state index in [4.69, 9.17) is 26.3 Å². The van der Waals surface area contributed by atoms with Gasteiger partial charge in [-0.1, -0.05) is 11.6 Å². The van der Waals surface area contributed by atoms with Gasteiger partial charge in [0.1, 0.15) is 11.5 Å². The number of carbonyl (C=O) groups excluding carboxylic acids is 2. The van der Waals surface area contributed by atoms with E-state index in [1.54, 1.807) is 42.5 Å². The van der Waals surface area contributed by atoms with Crippen LogP contribution in [0.2, 0.25) is 5.02 Å². The van der Waals surface area contributed by atoms with Gasteiger partial charge in [-0.3, -0.25) is 20.4 Å². The Kier molecular flexibility index (Phi) is 7.46. The Morgan fingerprint density at radius 3 is 2.56 bits per heavy atom. The monoisotopic (exact) mass is 451 g/mol. The molecule has 2 aromatic rings. The van der Waals surface area contributed by atoms with Crippen molar-refractivity contribution >= 4 is 39.3 Å². The van der Waals surface area contributed by atoms with Crippen molar-refractivity contribution in [3.63, 3.8) is 0 Å². The zero-order valence-electron chi connectivity index (χ0n) is 14.2. The molecule has 0 aromatic heterocycles. The molecule has 0 aliphatic rings. The van der Waals surface area contributed by atoms with E-state index in [1.807, 2.05) is 6.07 Å². The number of nitriles is 1. The maximum atomic E-state index is 12.0. The van der Waals surface area contributed by atoms with Crippen LogP contribution in [0.3, 0.4) is 0 Å². The summed E-state index contributed by atoms with van der Waals surface area (Å²) in [6, 6.07) is 13.2. The van der Waals surface area contributed by atoms with Crippen molar-refractivity contribution in [3.8, 4) is 17.6 Å². The lowest BCUT2D eigenvalue weighted by molar-refractivity contribution is -0.133. The van der Waals surface area contributed by atoms with E-state index in [9.17, 15) is 9.59 Å². The van der Waals surface area contributed by atoms with Gasteiger partial charge in [-0.2, -0.15) is 5.26 Å². The number of halogens is 2. The van der Waals surface area contributed by atoms with Crippen LogP contribution in [0.25, 0.3) is 0 Å². The molecule has 0 aliphatic heterocycles. The summed E-state index contributed by atoms with van der Waals surface area (Å²) in [6.07, 6.45) is -0.857. The first kappa shape index (κ1) is 20.6. The Hall–Kier alpha value is -2.76. The molecule has 0 heterocycles. The lowest BCUT2D eigenvalue weighted by Crippen LogP contribution is -2.48. The lowest BCUT2D eigenvalue weighted by atomic mass is 10.2. The Balaban J connectivity index is 1.76. The van der Waals surface area contributed by atoms with Crippen LogP contribution in [0.4, 0.5) is 0 Å². The highest BCUT2D eigenvalue weighted by molar-refractivity contribution is 9.10. The molecular formula is C18H15BrClN3O4. The average Bonchev–Trinajstić information content (AvgIpc) is 2.66. The van der Waals surface area contributed by atoms with Crippen molar-refractivity contribution in [2.75, 3.05) is 6.61 Å². The van der Waals surface area contributed by atoms with Gasteiger partial charge in [0.2, 0.25) is 0 Å². The van der Waals surface area contributed by atoms with Gasteiger partial charge in [0, 0.05) is 5.02 Å². The first-order valence-electron chi connectivity index (χ1n) is 7.72. The first-order valence-corrected chi connectivity index (χ1v) is 8.89. The maximum absolute atomic E-state index is 12.0. The molecule has 140 valence electrons. The second kappa shape index (κ2) is 9.80. The van der Waals surface area contributed by atoms with Gasteiger partial charge in [0.05, 0.1) is 16.1 Å². The average molecular weight is 453 g/mol. The molecule has 0 bridgehead atoms. The van der Waals surface area contributed by atoms with Crippen LogP contribution < -0.4 is 20.3 Å². The van der Waals surface area contributed by atoms with Gasteiger partial charge in [0.15, 0.2) is 12.7 Å². The molecule has 0 aliphatic carbocycles. The minimum atomic E-state index is -0.857. The lowest BCUT2D eigenvalue weighted by Gasteiger charge is -2.15. The number of rotatable bonds is 6. The highest BCUT2D eigenvalue weighted by atomic mass is 79.9. The van der Waals surface area contributed by atoms with Gasteiger partial charge in [-0.15, -0.1) is 0 Å². The second-order valence-corrected chi connectivity index (χ2v) is 6.59. The number of nitrogens with one attached hydrogen (secondary N) is 2. The fourth-order valence-corrected chi connectivity index (χ4v) is 2.67. The van der Waals surface area contributed by atoms with Crippen LogP contribution in [0.1, 0.15) is 12.5 Å². The number of benzene rings is 2. The number of amides is 2. The molecule has 2 N–H and O–H groups in total. The summed E-state index contributed by atoms with van der Waals surface area (Å²) < 4.78 is 11.4. The van der Waals surface area contributed by atoms with E-state index in [0.29, 0.717) is 26.6 Å². The van der Waals surface area contributed by atoms with Crippen molar-refractivity contribution < 1.29 is 19.1 Å². The highest BCUT2D eigenvalue weighted by Crippen LogP contribution is 2.27. The SMILES string of the molecule is CC(Oc1ccc(C#N)cc1)C(=O)NNC(=O)COc1ccc(Cl)cc1Br. The zero-order valence-corrected chi connectivity index (χ0v) is 16.5. The summed E-state index contributed by atoms with van der Waals surface area (Å²) in [5.74, 6) is -0.214. The minimum absolute atomic E-state index is 0.300. The molecule has 0 spiro atoms. The number of hydrogen-bond acceptors (Lipinski definition) is 5. The molecule has 2 rings (SSSR count). The van der Waals surface area contributed by atoms with Crippen molar-refractivity contribution in [1.82, 2.24) is 10.9 Å². The number of nitrogens with zero attached hydrogens (tertiary/aromatic N) is 1. The molecule has 1 unspecified atom stereocenters. The van der Waals surface area contributed by atoms with Crippen molar-refractivity contribution in [2.24, 2.45) is 0 Å². The van der Waals surface area contributed by atoms with E-state index in [0.717, 1.165) is 0 Å². The summed E-state index contributed by atoms with van der Waals surface area (Å²) in [4.78, 5) is 23.8. The van der Waals surface area contributed by atoms with Gasteiger partial charge in [-0.05, 0) is 65.3 Å². The normalized spacial score (nSPS) is 11.0. The van der Waals surface area contributed by atoms with Crippen molar-refractivity contribution in [1.29, 1.82) is 5.26 Å². The number of hydrogen-bond donors (Lipinski definition) is 2. The number of carbonyl (C=O) groups is 2. The summed E-state index contributed by atoms with van der Waals surface area (Å²) in [5.41, 5.74) is 4.98. The largest absolute Gasteiger partial charge is 0.483 e. The number of ether oxygens (including phenoxy) is 2. The zero-order chi connectivity index (χ0) is 19.8. The van der Waals surface area contributed by atoms with Crippen LogP contribution in [-0.4, -0.2) is 24.5 Å². The van der Waals surface area contributed by atoms with Gasteiger partial charge in [-0.25, -0.2) is 0 Å². The minimum Gasteiger partial charge on any atom is -0.483 e. The molecule has 0 fully saturated rings. The standard InChI is InChI=1S/C18H15BrClN3O4/c1-11(27-14-5-2-12(9-21)3-6-14)18(25)23-22-17(24)10-26-16-7-4-13(20)8-15(16)19/h2-8,11H,10H2,1H3,(H,22,24)(H,23,25). The smallest absolute Gasteiger partial charge is 0.279 e. The van der Waals surface area contributed by atoms with Gasteiger partial charge < -0.3 is 9.47 Å². The molecule has 0 saturated carbocycles. The highest BCUT2D eigenvalue weighted by Gasteiger charge is 2.15. The molecule has 0 saturated heterocycles. The summed E-state index contributed by atoms with van der Waals surface area (Å²) >= 11 is 9.10. The molecular weight excluding hydrogens is 438 g/mol. The molecule has 2 aromatic carbocycles. The summed E-state index contributed by atoms with van der Waals surface area (Å²) in [6.45, 7) is 1.23. The third kappa shape index (κ3) is 6.47. The first-order chi connectivity index (χ1) is 12.9. The van der Waals surface area contributed by atoms with Crippen LogP contribution >= 0.6 is 27.5 Å². The molecule has 9 heteroatoms. The van der Waals surface area contributed by atoms with E-state index in [2.05, 4.69) is 26.8 Å². The summed E-state index contributed by atoms with van der Waals surface area (Å²) in [7, 11) is 0. The van der Waals surface area contributed by atoms with E-state index < -0.39 is 17.9 Å². The van der Waals surface area contributed by atoms with Crippen molar-refractivity contribution in [3.05, 3.63) is 57.5 Å². The number of hydrazine groups is 1. The van der Waals surface area contributed by atoms with Gasteiger partial charge >= 0.3 is 0 Å². The van der Waals surface area contributed by atoms with Gasteiger partial charge in [0.25, 0.3) is 11.8 Å². The molecule has 7 nitrogen and oxygen atoms in total. The third-order valence-corrected chi connectivity index (χ3v) is 4.10. The third-order valence-electron chi connectivity index (χ3n) is 3.24. The molecule has 27 heavy (non-hydrogen) atoms. The van der Waals surface area contributed by atoms with Crippen LogP contribution in [-0.2, 0) is 9.59 Å². The quantitative estimate of drug-likeness (QED) is 0.656. The van der Waals surface area contributed by atoms with Crippen LogP contribution in [0.15, 0.2) is 46.9 Å². The van der Waals surface area contributed by atoms with E-state index in [1.165, 1.54) is 6.92 Å². The fraction of sp³-hybridized carbons (Fsp3) is 0.167. The maximum Gasteiger partial charge on any atom is 0.279 e. The van der Waals surface area contributed by atoms with E-state index >= 15 is 0 Å². The van der Waals surface area contributed by atoms with Crippen LogP contribution in [0.5, 0.6) is 11.5 Å². The predicted octanol–water partition coefficient (Wildman–Crippen LogP) is 2.97. The Bertz CT molecular complexity index is 868.